The van der Waals surface area contributed by atoms with Crippen LogP contribution in [-0.4, -0.2) is 40.9 Å². The van der Waals surface area contributed by atoms with E-state index in [0.29, 0.717) is 5.56 Å². The van der Waals surface area contributed by atoms with Gasteiger partial charge in [0.2, 0.25) is 0 Å². The van der Waals surface area contributed by atoms with Gasteiger partial charge in [-0.1, -0.05) is 36.8 Å². The van der Waals surface area contributed by atoms with Gasteiger partial charge in [0.05, 0.1) is 0 Å². The first-order valence-electron chi connectivity index (χ1n) is 6.73. The van der Waals surface area contributed by atoms with Gasteiger partial charge in [0.1, 0.15) is 6.04 Å². The van der Waals surface area contributed by atoms with Crippen molar-refractivity contribution in [2.24, 2.45) is 0 Å². The number of hydrogen-bond acceptors (Lipinski definition) is 3. The van der Waals surface area contributed by atoms with Crippen LogP contribution in [-0.2, 0) is 4.79 Å². The number of carbonyl (C=O) groups is 2. The molecule has 1 unspecified atom stereocenters. The zero-order valence-electron chi connectivity index (χ0n) is 10.9. The second kappa shape index (κ2) is 6.48. The van der Waals surface area contributed by atoms with E-state index in [4.69, 9.17) is 0 Å². The summed E-state index contributed by atoms with van der Waals surface area (Å²) in [6.07, 6.45) is 3.24. The number of carbonyl (C=O) groups excluding carboxylic acids is 1. The van der Waals surface area contributed by atoms with E-state index in [9.17, 15) is 14.7 Å². The first-order valence-corrected chi connectivity index (χ1v) is 6.73. The van der Waals surface area contributed by atoms with Crippen molar-refractivity contribution < 1.29 is 14.7 Å². The molecular weight excluding hydrogens is 242 g/mol. The molecule has 0 aromatic heterocycles. The molecule has 1 fully saturated rings. The van der Waals surface area contributed by atoms with Gasteiger partial charge in [-0.05, 0) is 25.9 Å². The first-order chi connectivity index (χ1) is 9.18. The van der Waals surface area contributed by atoms with E-state index in [1.807, 2.05) is 11.0 Å². The third kappa shape index (κ3) is 3.64. The standard InChI is InChI=1S/C15H19NO3/c17-14(12-7-3-1-4-8-12)11-13(15(18)19)16-9-5-2-6-10-16/h1,3-4,7-8,13H,2,5-6,9-11H2,(H,18,19). The van der Waals surface area contributed by atoms with E-state index >= 15 is 0 Å². The lowest BCUT2D eigenvalue weighted by atomic mass is 10.0. The first kappa shape index (κ1) is 13.7. The maximum atomic E-state index is 12.1. The minimum Gasteiger partial charge on any atom is -0.480 e. The molecule has 1 aliphatic heterocycles. The highest BCUT2D eigenvalue weighted by Crippen LogP contribution is 2.16. The summed E-state index contributed by atoms with van der Waals surface area (Å²) in [5, 5.41) is 9.33. The van der Waals surface area contributed by atoms with Gasteiger partial charge in [0.25, 0.3) is 0 Å². The van der Waals surface area contributed by atoms with Gasteiger partial charge in [0, 0.05) is 12.0 Å². The lowest BCUT2D eigenvalue weighted by Crippen LogP contribution is -2.45. The number of carboxylic acids is 1. The van der Waals surface area contributed by atoms with Crippen LogP contribution in [0.4, 0.5) is 0 Å². The number of hydrogen-bond donors (Lipinski definition) is 1. The zero-order valence-corrected chi connectivity index (χ0v) is 10.9. The third-order valence-corrected chi connectivity index (χ3v) is 3.59. The number of aliphatic carboxylic acids is 1. The molecule has 0 spiro atoms. The van der Waals surface area contributed by atoms with E-state index in [0.717, 1.165) is 32.4 Å². The number of Topliss-reactive ketones (excluding diaryl/α,β-unsaturated/α-hetero) is 1. The van der Waals surface area contributed by atoms with Gasteiger partial charge in [0.15, 0.2) is 5.78 Å². The Hall–Kier alpha value is -1.68. The Bertz CT molecular complexity index is 438. The Morgan fingerprint density at radius 2 is 1.74 bits per heavy atom. The fourth-order valence-corrected chi connectivity index (χ4v) is 2.52. The average molecular weight is 261 g/mol. The number of likely N-dealkylation sites (tertiary alicyclic amines) is 1. The second-order valence-electron chi connectivity index (χ2n) is 4.94. The molecule has 0 aliphatic carbocycles. The molecule has 4 heteroatoms. The van der Waals surface area contributed by atoms with E-state index in [1.165, 1.54) is 0 Å². The molecule has 1 heterocycles. The molecule has 2 rings (SSSR count). The maximum Gasteiger partial charge on any atom is 0.321 e. The van der Waals surface area contributed by atoms with Crippen molar-refractivity contribution in [3.63, 3.8) is 0 Å². The van der Waals surface area contributed by atoms with Crippen LogP contribution in [0, 0.1) is 0 Å². The van der Waals surface area contributed by atoms with Crippen LogP contribution in [0.2, 0.25) is 0 Å². The van der Waals surface area contributed by atoms with Gasteiger partial charge < -0.3 is 5.11 Å². The van der Waals surface area contributed by atoms with Crippen molar-refractivity contribution in [2.45, 2.75) is 31.7 Å². The van der Waals surface area contributed by atoms with Gasteiger partial charge in [-0.3, -0.25) is 14.5 Å². The Morgan fingerprint density at radius 3 is 2.32 bits per heavy atom. The molecule has 1 saturated heterocycles. The zero-order chi connectivity index (χ0) is 13.7. The molecule has 19 heavy (non-hydrogen) atoms. The summed E-state index contributed by atoms with van der Waals surface area (Å²) in [7, 11) is 0. The fraction of sp³-hybridized carbons (Fsp3) is 0.467. The second-order valence-corrected chi connectivity index (χ2v) is 4.94. The SMILES string of the molecule is O=C(CC(C(=O)O)N1CCCCC1)c1ccccc1. The van der Waals surface area contributed by atoms with Crippen molar-refractivity contribution in [3.8, 4) is 0 Å². The summed E-state index contributed by atoms with van der Waals surface area (Å²) >= 11 is 0. The molecule has 0 saturated carbocycles. The lowest BCUT2D eigenvalue weighted by Gasteiger charge is -2.31. The summed E-state index contributed by atoms with van der Waals surface area (Å²) < 4.78 is 0. The van der Waals surface area contributed by atoms with Crippen LogP contribution in [0.3, 0.4) is 0 Å². The third-order valence-electron chi connectivity index (χ3n) is 3.59. The number of carboxylic acid groups (broad SMARTS) is 1. The van der Waals surface area contributed by atoms with Crippen LogP contribution in [0.25, 0.3) is 0 Å². The molecule has 1 aliphatic rings. The molecular formula is C15H19NO3. The van der Waals surface area contributed by atoms with Crippen molar-refractivity contribution in [1.82, 2.24) is 4.90 Å². The van der Waals surface area contributed by atoms with Crippen molar-refractivity contribution in [2.75, 3.05) is 13.1 Å². The molecule has 4 nitrogen and oxygen atoms in total. The van der Waals surface area contributed by atoms with Crippen LogP contribution in [0.15, 0.2) is 30.3 Å². The van der Waals surface area contributed by atoms with Gasteiger partial charge in [-0.15, -0.1) is 0 Å². The molecule has 0 bridgehead atoms. The molecule has 1 N–H and O–H groups in total. The van der Waals surface area contributed by atoms with Crippen LogP contribution >= 0.6 is 0 Å². The fourth-order valence-electron chi connectivity index (χ4n) is 2.52. The van der Waals surface area contributed by atoms with Gasteiger partial charge >= 0.3 is 5.97 Å². The minimum atomic E-state index is -0.897. The summed E-state index contributed by atoms with van der Waals surface area (Å²) in [5.74, 6) is -0.996. The van der Waals surface area contributed by atoms with E-state index in [2.05, 4.69) is 0 Å². The van der Waals surface area contributed by atoms with Crippen molar-refractivity contribution >= 4 is 11.8 Å². The van der Waals surface area contributed by atoms with Crippen LogP contribution in [0.5, 0.6) is 0 Å². The van der Waals surface area contributed by atoms with Crippen molar-refractivity contribution in [3.05, 3.63) is 35.9 Å². The quantitative estimate of drug-likeness (QED) is 0.825. The molecule has 0 amide bonds. The highest BCUT2D eigenvalue weighted by molar-refractivity contribution is 5.98. The van der Waals surface area contributed by atoms with Gasteiger partial charge in [-0.25, -0.2) is 0 Å². The smallest absolute Gasteiger partial charge is 0.321 e. The summed E-state index contributed by atoms with van der Waals surface area (Å²) in [5.41, 5.74) is 0.589. The summed E-state index contributed by atoms with van der Waals surface area (Å²) in [6, 6.07) is 8.21. The lowest BCUT2D eigenvalue weighted by molar-refractivity contribution is -0.143. The van der Waals surface area contributed by atoms with E-state index < -0.39 is 12.0 Å². The van der Waals surface area contributed by atoms with Gasteiger partial charge in [-0.2, -0.15) is 0 Å². The predicted octanol–water partition coefficient (Wildman–Crippen LogP) is 2.20. The van der Waals surface area contributed by atoms with Crippen molar-refractivity contribution in [1.29, 1.82) is 0 Å². The Morgan fingerprint density at radius 1 is 1.11 bits per heavy atom. The summed E-state index contributed by atoms with van der Waals surface area (Å²) in [6.45, 7) is 1.55. The predicted molar refractivity (Wildman–Crippen MR) is 72.2 cm³/mol. The number of ketones is 1. The molecule has 1 atom stereocenters. The topological polar surface area (TPSA) is 57.6 Å². The molecule has 102 valence electrons. The summed E-state index contributed by atoms with van der Waals surface area (Å²) in [4.78, 5) is 25.4. The number of piperidine rings is 1. The largest absolute Gasteiger partial charge is 0.480 e. The highest BCUT2D eigenvalue weighted by Gasteiger charge is 2.29. The molecule has 1 aromatic carbocycles. The Kier molecular flexibility index (Phi) is 4.68. The Balaban J connectivity index is 2.04. The minimum absolute atomic E-state index is 0.0549. The Labute approximate surface area is 113 Å². The average Bonchev–Trinajstić information content (AvgIpc) is 2.46. The maximum absolute atomic E-state index is 12.1. The highest BCUT2D eigenvalue weighted by atomic mass is 16.4. The van der Waals surface area contributed by atoms with E-state index in [-0.39, 0.29) is 12.2 Å². The number of benzene rings is 1. The van der Waals surface area contributed by atoms with E-state index in [1.54, 1.807) is 24.3 Å². The molecule has 1 aromatic rings. The molecule has 0 radical (unpaired) electrons. The number of rotatable bonds is 5. The van der Waals surface area contributed by atoms with Crippen LogP contribution in [0.1, 0.15) is 36.0 Å². The monoisotopic (exact) mass is 261 g/mol. The van der Waals surface area contributed by atoms with Crippen LogP contribution < -0.4 is 0 Å². The number of nitrogens with zero attached hydrogens (tertiary/aromatic N) is 1. The normalized spacial score (nSPS) is 17.9.